The first kappa shape index (κ1) is 49.2. The van der Waals surface area contributed by atoms with Crippen molar-refractivity contribution in [2.24, 2.45) is 0 Å². The Bertz CT molecular complexity index is 4660. The molecule has 0 saturated carbocycles. The highest BCUT2D eigenvalue weighted by Gasteiger charge is 2.53. The molecule has 3 heteroatoms. The molecule has 4 aliphatic rings. The molecular weight excluding hydrogens is 1010 g/mol. The second-order valence-corrected chi connectivity index (χ2v) is 22.4. The second kappa shape index (κ2) is 20.1. The maximum absolute atomic E-state index is 3.47. The first-order chi connectivity index (χ1) is 41.7. The van der Waals surface area contributed by atoms with Crippen molar-refractivity contribution < 1.29 is 0 Å². The van der Waals surface area contributed by atoms with E-state index in [2.05, 4.69) is 336 Å². The molecule has 0 fully saturated rings. The SMILES string of the molecule is C1#CCC=C(C2(c3ccccc3)c3cccc4c3-n3c5c2cc(N(C2=CC=CCC2)c2ccc(-c6ccccc6)cc2)cc5c2cc(N(c5ccccc5)c5ccc(-c6ccccc6)cc5)cc(c23)C4(c2ccccc2)c2ccccc2)C=C1. The Morgan fingerprint density at radius 1 is 0.393 bits per heavy atom. The number of anilines is 5. The molecule has 11 aromatic carbocycles. The molecule has 2 aliphatic heterocycles. The van der Waals surface area contributed by atoms with E-state index in [1.165, 1.54) is 100.0 Å². The van der Waals surface area contributed by atoms with Crippen molar-refractivity contribution >= 4 is 50.2 Å². The molecule has 1 aromatic heterocycles. The average molecular weight is 1070 g/mol. The van der Waals surface area contributed by atoms with E-state index in [0.29, 0.717) is 6.42 Å². The van der Waals surface area contributed by atoms with Crippen LogP contribution < -0.4 is 9.80 Å². The van der Waals surface area contributed by atoms with Crippen molar-refractivity contribution in [3.05, 3.63) is 360 Å². The third-order valence-electron chi connectivity index (χ3n) is 18.0. The minimum Gasteiger partial charge on any atom is -0.314 e. The summed E-state index contributed by atoms with van der Waals surface area (Å²) in [7, 11) is 0. The zero-order valence-electron chi connectivity index (χ0n) is 46.4. The molecule has 0 radical (unpaired) electrons. The Hall–Kier alpha value is -10.7. The molecular formula is C81H57N3. The monoisotopic (exact) mass is 1070 g/mol. The number of fused-ring (bicyclic) bond motifs is 1. The van der Waals surface area contributed by atoms with Crippen LogP contribution in [0.2, 0.25) is 0 Å². The predicted octanol–water partition coefficient (Wildman–Crippen LogP) is 20.2. The molecule has 84 heavy (non-hydrogen) atoms. The lowest BCUT2D eigenvalue weighted by Crippen LogP contribution is -2.41. The Labute approximate surface area is 491 Å². The second-order valence-electron chi connectivity index (χ2n) is 22.4. The number of hydrogen-bond acceptors (Lipinski definition) is 2. The predicted molar refractivity (Wildman–Crippen MR) is 349 cm³/mol. The van der Waals surface area contributed by atoms with Gasteiger partial charge in [0.05, 0.1) is 27.6 Å². The van der Waals surface area contributed by atoms with Gasteiger partial charge in [-0.1, -0.05) is 242 Å². The molecule has 0 amide bonds. The summed E-state index contributed by atoms with van der Waals surface area (Å²) in [6.07, 6.45) is 16.1. The molecule has 1 unspecified atom stereocenters. The number of para-hydroxylation sites is 2. The van der Waals surface area contributed by atoms with Crippen LogP contribution in [0.1, 0.15) is 58.2 Å². The van der Waals surface area contributed by atoms with Crippen molar-refractivity contribution in [1.29, 1.82) is 0 Å². The minimum atomic E-state index is -0.810. The van der Waals surface area contributed by atoms with Gasteiger partial charge < -0.3 is 14.4 Å². The molecule has 396 valence electrons. The summed E-state index contributed by atoms with van der Waals surface area (Å²) in [6.45, 7) is 0. The number of hydrogen-bond donors (Lipinski definition) is 0. The summed E-state index contributed by atoms with van der Waals surface area (Å²) in [6, 6.07) is 102. The van der Waals surface area contributed by atoms with Crippen LogP contribution in [0.4, 0.5) is 28.4 Å². The molecule has 12 aromatic rings. The number of allylic oxidation sites excluding steroid dienone is 8. The van der Waals surface area contributed by atoms with Crippen molar-refractivity contribution in [1.82, 2.24) is 4.57 Å². The van der Waals surface area contributed by atoms with Crippen molar-refractivity contribution in [3.63, 3.8) is 0 Å². The van der Waals surface area contributed by atoms with Crippen molar-refractivity contribution in [2.45, 2.75) is 30.1 Å². The average Bonchev–Trinajstić information content (AvgIpc) is 1.35. The van der Waals surface area contributed by atoms with Gasteiger partial charge in [-0.2, -0.15) is 0 Å². The van der Waals surface area contributed by atoms with Gasteiger partial charge in [0.2, 0.25) is 0 Å². The lowest BCUT2D eigenvalue weighted by atomic mass is 9.58. The lowest BCUT2D eigenvalue weighted by molar-refractivity contribution is 0.682. The highest BCUT2D eigenvalue weighted by atomic mass is 15.2. The summed E-state index contributed by atoms with van der Waals surface area (Å²) in [5.41, 5.74) is 23.2. The van der Waals surface area contributed by atoms with E-state index < -0.39 is 10.8 Å². The third-order valence-corrected chi connectivity index (χ3v) is 18.0. The van der Waals surface area contributed by atoms with Crippen LogP contribution in [0.25, 0.3) is 49.7 Å². The van der Waals surface area contributed by atoms with Crippen LogP contribution >= 0.6 is 0 Å². The van der Waals surface area contributed by atoms with Gasteiger partial charge in [-0.25, -0.2) is 0 Å². The van der Waals surface area contributed by atoms with Crippen LogP contribution in [0.3, 0.4) is 0 Å². The molecule has 3 nitrogen and oxygen atoms in total. The molecule has 0 spiro atoms. The zero-order chi connectivity index (χ0) is 55.6. The van der Waals surface area contributed by atoms with Gasteiger partial charge in [0.15, 0.2) is 0 Å². The third kappa shape index (κ3) is 7.54. The van der Waals surface area contributed by atoms with Crippen LogP contribution in [0.15, 0.2) is 321 Å². The van der Waals surface area contributed by atoms with Gasteiger partial charge in [0, 0.05) is 51.3 Å². The molecule has 16 rings (SSSR count). The summed E-state index contributed by atoms with van der Waals surface area (Å²) >= 11 is 0. The molecule has 3 heterocycles. The maximum atomic E-state index is 3.47. The van der Waals surface area contributed by atoms with Crippen LogP contribution in [-0.2, 0) is 10.8 Å². The maximum Gasteiger partial charge on any atom is 0.0743 e. The highest BCUT2D eigenvalue weighted by molar-refractivity contribution is 6.17. The highest BCUT2D eigenvalue weighted by Crippen LogP contribution is 2.63. The Morgan fingerprint density at radius 2 is 0.845 bits per heavy atom. The fraction of sp³-hybridized carbons (Fsp3) is 0.0617. The zero-order valence-corrected chi connectivity index (χ0v) is 46.4. The quantitative estimate of drug-likeness (QED) is 0.113. The van der Waals surface area contributed by atoms with E-state index in [4.69, 9.17) is 0 Å². The normalized spacial score (nSPS) is 15.9. The topological polar surface area (TPSA) is 11.4 Å². The smallest absolute Gasteiger partial charge is 0.0743 e. The Morgan fingerprint density at radius 3 is 1.38 bits per heavy atom. The lowest BCUT2D eigenvalue weighted by Gasteiger charge is -2.48. The minimum absolute atomic E-state index is 0.629. The van der Waals surface area contributed by atoms with Crippen molar-refractivity contribution in [3.8, 4) is 39.8 Å². The van der Waals surface area contributed by atoms with E-state index in [0.717, 1.165) is 41.3 Å². The first-order valence-electron chi connectivity index (χ1n) is 29.4. The number of benzene rings is 11. The van der Waals surface area contributed by atoms with Gasteiger partial charge in [0.25, 0.3) is 0 Å². The van der Waals surface area contributed by atoms with Gasteiger partial charge in [-0.05, 0) is 159 Å². The Balaban J connectivity index is 1.09. The molecule has 0 bridgehead atoms. The summed E-state index contributed by atoms with van der Waals surface area (Å²) in [4.78, 5) is 5.02. The van der Waals surface area contributed by atoms with Crippen LogP contribution in [0, 0.1) is 11.8 Å². The standard InChI is InChI=1S/C81H57N3/c1-2-15-32-61(31-14-1)80(62-33-16-5-17-34-62)73-43-26-44-74-79(73)84-77-71(53-69(55-75(77)80)82(65-39-22-8-23-40-65)67-49-45-59(46-50-67)57-27-10-3-11-28-57)72-54-70(56-76(78(72)84)81(74,63-35-18-6-19-36-63)64-37-20-7-21-38-64)83(66-41-24-9-25-42-66)68-51-47-60(48-52-68)58-29-12-4-13-30-58/h3-14,16-22,24-39,41-56H,15,23,40H2. The summed E-state index contributed by atoms with van der Waals surface area (Å²) in [5.74, 6) is 6.87. The number of aromatic nitrogens is 1. The van der Waals surface area contributed by atoms with Crippen LogP contribution in [-0.4, -0.2) is 4.57 Å². The van der Waals surface area contributed by atoms with E-state index in [1.807, 2.05) is 0 Å². The summed E-state index contributed by atoms with van der Waals surface area (Å²) < 4.78 is 2.69. The van der Waals surface area contributed by atoms with Gasteiger partial charge in [-0.15, -0.1) is 0 Å². The number of nitrogens with zero attached hydrogens (tertiary/aromatic N) is 3. The van der Waals surface area contributed by atoms with Crippen molar-refractivity contribution in [2.75, 3.05) is 9.80 Å². The molecule has 0 N–H and O–H groups in total. The van der Waals surface area contributed by atoms with Crippen LogP contribution in [0.5, 0.6) is 0 Å². The summed E-state index contributed by atoms with van der Waals surface area (Å²) in [5, 5.41) is 2.38. The number of rotatable bonds is 12. The molecule has 0 saturated heterocycles. The fourth-order valence-corrected chi connectivity index (χ4v) is 14.5. The Kier molecular flexibility index (Phi) is 11.8. The van der Waals surface area contributed by atoms with E-state index >= 15 is 0 Å². The fourth-order valence-electron chi connectivity index (χ4n) is 14.5. The van der Waals surface area contributed by atoms with E-state index in [-0.39, 0.29) is 0 Å². The van der Waals surface area contributed by atoms with E-state index in [9.17, 15) is 0 Å². The first-order valence-corrected chi connectivity index (χ1v) is 29.4. The van der Waals surface area contributed by atoms with Gasteiger partial charge >= 0.3 is 0 Å². The largest absolute Gasteiger partial charge is 0.314 e. The van der Waals surface area contributed by atoms with Gasteiger partial charge in [0.1, 0.15) is 0 Å². The molecule has 1 atom stereocenters. The van der Waals surface area contributed by atoms with E-state index in [1.54, 1.807) is 0 Å². The van der Waals surface area contributed by atoms with Gasteiger partial charge in [-0.3, -0.25) is 0 Å². The molecule has 2 aliphatic carbocycles.